The molecule has 1 N–H and O–H groups in total. The molecule has 0 radical (unpaired) electrons. The number of rotatable bonds is 7. The highest BCUT2D eigenvalue weighted by Crippen LogP contribution is 2.23. The molecule has 4 heteroatoms. The van der Waals surface area contributed by atoms with E-state index < -0.39 is 0 Å². The Kier molecular flexibility index (Phi) is 5.73. The second kappa shape index (κ2) is 7.09. The Morgan fingerprint density at radius 3 is 2.35 bits per heavy atom. The Labute approximate surface area is 104 Å². The van der Waals surface area contributed by atoms with E-state index in [4.69, 9.17) is 0 Å². The second-order valence-corrected chi connectivity index (χ2v) is 3.98. The smallest absolute Gasteiger partial charge is 0.137 e. The van der Waals surface area contributed by atoms with Gasteiger partial charge in [-0.1, -0.05) is 13.8 Å². The van der Waals surface area contributed by atoms with E-state index in [9.17, 15) is 0 Å². The molecule has 0 aliphatic rings. The number of nitrogens with one attached hydrogen (secondary N) is 1. The third-order valence-electron chi connectivity index (χ3n) is 2.88. The Balaban J connectivity index is 3.04. The van der Waals surface area contributed by atoms with Crippen LogP contribution in [0.1, 0.15) is 39.7 Å². The van der Waals surface area contributed by atoms with E-state index in [0.717, 1.165) is 44.1 Å². The van der Waals surface area contributed by atoms with Crippen molar-refractivity contribution < 1.29 is 0 Å². The fourth-order valence-electron chi connectivity index (χ4n) is 1.92. The van der Waals surface area contributed by atoms with Gasteiger partial charge in [0.25, 0.3) is 0 Å². The molecule has 0 spiro atoms. The average Bonchev–Trinajstić information content (AvgIpc) is 2.37. The van der Waals surface area contributed by atoms with Crippen LogP contribution in [0.2, 0.25) is 0 Å². The van der Waals surface area contributed by atoms with Gasteiger partial charge in [-0.05, 0) is 26.7 Å². The summed E-state index contributed by atoms with van der Waals surface area (Å²) in [4.78, 5) is 11.1. The maximum absolute atomic E-state index is 4.44. The van der Waals surface area contributed by atoms with Crippen LogP contribution in [0.3, 0.4) is 0 Å². The van der Waals surface area contributed by atoms with Gasteiger partial charge in [-0.2, -0.15) is 0 Å². The zero-order valence-corrected chi connectivity index (χ0v) is 11.5. The molecule has 1 aromatic rings. The van der Waals surface area contributed by atoms with Crippen molar-refractivity contribution in [1.82, 2.24) is 9.97 Å². The SMILES string of the molecule is CCCNc1ncnc(N(CC)CC)c1CC. The van der Waals surface area contributed by atoms with Gasteiger partial charge in [0.15, 0.2) is 0 Å². The molecule has 4 nitrogen and oxygen atoms in total. The van der Waals surface area contributed by atoms with Gasteiger partial charge in [0, 0.05) is 25.2 Å². The highest BCUT2D eigenvalue weighted by molar-refractivity contribution is 5.58. The van der Waals surface area contributed by atoms with Crippen LogP contribution in [0, 0.1) is 0 Å². The molecule has 1 heterocycles. The van der Waals surface area contributed by atoms with Crippen molar-refractivity contribution >= 4 is 11.6 Å². The lowest BCUT2D eigenvalue weighted by Crippen LogP contribution is -2.25. The first-order valence-corrected chi connectivity index (χ1v) is 6.61. The van der Waals surface area contributed by atoms with Crippen LogP contribution >= 0.6 is 0 Å². The average molecular weight is 236 g/mol. The predicted molar refractivity (Wildman–Crippen MR) is 73.8 cm³/mol. The second-order valence-electron chi connectivity index (χ2n) is 3.98. The zero-order valence-electron chi connectivity index (χ0n) is 11.5. The van der Waals surface area contributed by atoms with E-state index in [2.05, 4.69) is 47.9 Å². The lowest BCUT2D eigenvalue weighted by atomic mass is 10.2. The molecule has 0 fully saturated rings. The van der Waals surface area contributed by atoms with E-state index in [-0.39, 0.29) is 0 Å². The minimum Gasteiger partial charge on any atom is -0.370 e. The topological polar surface area (TPSA) is 41.1 Å². The van der Waals surface area contributed by atoms with E-state index in [0.29, 0.717) is 0 Å². The molecule has 0 atom stereocenters. The number of hydrogen-bond acceptors (Lipinski definition) is 4. The predicted octanol–water partition coefficient (Wildman–Crippen LogP) is 2.71. The summed E-state index contributed by atoms with van der Waals surface area (Å²) in [6, 6.07) is 0. The first kappa shape index (κ1) is 13.7. The Bertz CT molecular complexity index is 334. The standard InChI is InChI=1S/C13H24N4/c1-5-9-14-12-11(6-2)13(16-10-15-12)17(7-3)8-4/h10H,5-9H2,1-4H3,(H,14,15,16). The summed E-state index contributed by atoms with van der Waals surface area (Å²) in [7, 11) is 0. The van der Waals surface area contributed by atoms with Crippen LogP contribution in [-0.2, 0) is 6.42 Å². The summed E-state index contributed by atoms with van der Waals surface area (Å²) < 4.78 is 0. The van der Waals surface area contributed by atoms with Gasteiger partial charge in [0.05, 0.1) is 0 Å². The minimum absolute atomic E-state index is 0.957. The van der Waals surface area contributed by atoms with Gasteiger partial charge in [0.1, 0.15) is 18.0 Å². The van der Waals surface area contributed by atoms with E-state index in [1.54, 1.807) is 6.33 Å². The lowest BCUT2D eigenvalue weighted by Gasteiger charge is -2.23. The third kappa shape index (κ3) is 3.32. The molecule has 0 saturated heterocycles. The molecular formula is C13H24N4. The summed E-state index contributed by atoms with van der Waals surface area (Å²) in [5.74, 6) is 2.07. The maximum Gasteiger partial charge on any atom is 0.137 e. The lowest BCUT2D eigenvalue weighted by molar-refractivity contribution is 0.825. The normalized spacial score (nSPS) is 10.4. The Morgan fingerprint density at radius 2 is 1.82 bits per heavy atom. The summed E-state index contributed by atoms with van der Waals surface area (Å²) in [5.41, 5.74) is 1.23. The summed E-state index contributed by atoms with van der Waals surface area (Å²) >= 11 is 0. The van der Waals surface area contributed by atoms with Crippen LogP contribution < -0.4 is 10.2 Å². The molecule has 0 aliphatic carbocycles. The molecule has 1 rings (SSSR count). The van der Waals surface area contributed by atoms with Gasteiger partial charge in [-0.15, -0.1) is 0 Å². The molecule has 0 unspecified atom stereocenters. The van der Waals surface area contributed by atoms with Crippen LogP contribution in [0.25, 0.3) is 0 Å². The molecule has 0 bridgehead atoms. The van der Waals surface area contributed by atoms with Crippen LogP contribution in [0.4, 0.5) is 11.6 Å². The number of anilines is 2. The van der Waals surface area contributed by atoms with Gasteiger partial charge < -0.3 is 10.2 Å². The zero-order chi connectivity index (χ0) is 12.7. The summed E-state index contributed by atoms with van der Waals surface area (Å²) in [5, 5.41) is 3.38. The number of hydrogen-bond donors (Lipinski definition) is 1. The minimum atomic E-state index is 0.957. The molecular weight excluding hydrogens is 212 g/mol. The molecule has 17 heavy (non-hydrogen) atoms. The fourth-order valence-corrected chi connectivity index (χ4v) is 1.92. The Hall–Kier alpha value is -1.32. The van der Waals surface area contributed by atoms with Gasteiger partial charge in [-0.3, -0.25) is 0 Å². The van der Waals surface area contributed by atoms with Crippen molar-refractivity contribution in [1.29, 1.82) is 0 Å². The molecule has 96 valence electrons. The highest BCUT2D eigenvalue weighted by atomic mass is 15.2. The first-order chi connectivity index (χ1) is 8.28. The van der Waals surface area contributed by atoms with E-state index >= 15 is 0 Å². The number of aromatic nitrogens is 2. The molecule has 0 aromatic carbocycles. The monoisotopic (exact) mass is 236 g/mol. The maximum atomic E-state index is 4.44. The molecule has 1 aromatic heterocycles. The highest BCUT2D eigenvalue weighted by Gasteiger charge is 2.13. The van der Waals surface area contributed by atoms with Gasteiger partial charge >= 0.3 is 0 Å². The van der Waals surface area contributed by atoms with Crippen molar-refractivity contribution in [2.24, 2.45) is 0 Å². The van der Waals surface area contributed by atoms with Crippen LogP contribution in [-0.4, -0.2) is 29.6 Å². The summed E-state index contributed by atoms with van der Waals surface area (Å²) in [6.45, 7) is 11.5. The molecule has 0 aliphatic heterocycles. The van der Waals surface area contributed by atoms with Crippen molar-refractivity contribution in [2.45, 2.75) is 40.5 Å². The van der Waals surface area contributed by atoms with E-state index in [1.165, 1.54) is 5.56 Å². The largest absolute Gasteiger partial charge is 0.370 e. The van der Waals surface area contributed by atoms with Crippen LogP contribution in [0.5, 0.6) is 0 Å². The number of nitrogens with zero attached hydrogens (tertiary/aromatic N) is 3. The Morgan fingerprint density at radius 1 is 1.12 bits per heavy atom. The molecule has 0 saturated carbocycles. The fraction of sp³-hybridized carbons (Fsp3) is 0.692. The van der Waals surface area contributed by atoms with E-state index in [1.807, 2.05) is 0 Å². The van der Waals surface area contributed by atoms with Crippen molar-refractivity contribution in [2.75, 3.05) is 29.9 Å². The van der Waals surface area contributed by atoms with Crippen molar-refractivity contribution in [3.8, 4) is 0 Å². The first-order valence-electron chi connectivity index (χ1n) is 6.61. The van der Waals surface area contributed by atoms with Gasteiger partial charge in [0.2, 0.25) is 0 Å². The molecule has 0 amide bonds. The van der Waals surface area contributed by atoms with Gasteiger partial charge in [-0.25, -0.2) is 9.97 Å². The van der Waals surface area contributed by atoms with Crippen LogP contribution in [0.15, 0.2) is 6.33 Å². The quantitative estimate of drug-likeness (QED) is 0.790. The van der Waals surface area contributed by atoms with Crippen molar-refractivity contribution in [3.63, 3.8) is 0 Å². The summed E-state index contributed by atoms with van der Waals surface area (Å²) in [6.07, 6.45) is 3.72. The third-order valence-corrected chi connectivity index (χ3v) is 2.88. The van der Waals surface area contributed by atoms with Crippen molar-refractivity contribution in [3.05, 3.63) is 11.9 Å².